The third kappa shape index (κ3) is 22.0. The highest BCUT2D eigenvalue weighted by molar-refractivity contribution is 5.87. The molecule has 0 unspecified atom stereocenters. The molecule has 14 rings (SSSR count). The van der Waals surface area contributed by atoms with E-state index >= 15 is 0 Å². The zero-order chi connectivity index (χ0) is 79.4. The first kappa shape index (κ1) is 80.0. The lowest BCUT2D eigenvalue weighted by molar-refractivity contribution is -0.119. The van der Waals surface area contributed by atoms with Crippen LogP contribution in [0.3, 0.4) is 0 Å². The summed E-state index contributed by atoms with van der Waals surface area (Å²) < 4.78 is 17.0. The van der Waals surface area contributed by atoms with Crippen molar-refractivity contribution in [2.75, 3.05) is 5.73 Å². The third-order valence-electron chi connectivity index (χ3n) is 17.0. The van der Waals surface area contributed by atoms with Gasteiger partial charge in [-0.15, -0.1) is 0 Å². The number of benzene rings is 9. The van der Waals surface area contributed by atoms with Gasteiger partial charge in [-0.3, -0.25) is 4.79 Å². The zero-order valence-corrected chi connectivity index (χ0v) is 63.9. The van der Waals surface area contributed by atoms with E-state index in [0.717, 1.165) is 111 Å². The maximum atomic E-state index is 11.8. The van der Waals surface area contributed by atoms with Crippen molar-refractivity contribution in [3.8, 4) is 23.1 Å². The Kier molecular flexibility index (Phi) is 26.4. The number of carbonyl (C=O) groups is 3. The topological polar surface area (TPSA) is 245 Å². The fraction of sp³-hybridized carbons (Fsp3) is 0.200. The summed E-state index contributed by atoms with van der Waals surface area (Å²) in [5.74, 6) is -0.0289. The normalized spacial score (nSPS) is 10.7. The van der Waals surface area contributed by atoms with Gasteiger partial charge in [-0.25, -0.2) is 29.0 Å². The Balaban J connectivity index is 0.000000156. The highest BCUT2D eigenvalue weighted by atomic mass is 16.6. The van der Waals surface area contributed by atoms with Crippen LogP contribution >= 0.6 is 0 Å². The Bertz CT molecular complexity index is 5830. The maximum absolute atomic E-state index is 11.8. The van der Waals surface area contributed by atoms with Crippen molar-refractivity contribution in [1.82, 2.24) is 39.6 Å². The van der Waals surface area contributed by atoms with E-state index in [9.17, 15) is 14.4 Å². The molecule has 0 aliphatic rings. The van der Waals surface area contributed by atoms with Crippen LogP contribution in [0.25, 0.3) is 91.0 Å². The van der Waals surface area contributed by atoms with Gasteiger partial charge in [-0.1, -0.05) is 72.8 Å². The van der Waals surface area contributed by atoms with Crippen LogP contribution in [-0.2, 0) is 40.4 Å². The zero-order valence-electron chi connectivity index (χ0n) is 63.9. The number of nitriles is 1. The quantitative estimate of drug-likeness (QED) is 0.0511. The van der Waals surface area contributed by atoms with Crippen LogP contribution in [0.5, 0.6) is 0 Å². The molecule has 20 heteroatoms. The number of hydrogen-bond donors (Lipinski definition) is 7. The molecule has 20 nitrogen and oxygen atoms in total. The van der Waals surface area contributed by atoms with E-state index in [2.05, 4.69) is 159 Å². The van der Waals surface area contributed by atoms with E-state index in [4.69, 9.17) is 52.5 Å². The van der Waals surface area contributed by atoms with Gasteiger partial charge in [0.1, 0.15) is 11.2 Å². The van der Waals surface area contributed by atoms with Crippen LogP contribution in [0.2, 0.25) is 0 Å². The number of H-pyrrole nitrogens is 2. The van der Waals surface area contributed by atoms with Gasteiger partial charge in [0.05, 0.1) is 54.5 Å². The highest BCUT2D eigenvalue weighted by Gasteiger charge is 2.18. The van der Waals surface area contributed by atoms with Crippen molar-refractivity contribution < 1.29 is 23.9 Å². The maximum Gasteiger partial charge on any atom is 0.407 e. The summed E-state index contributed by atoms with van der Waals surface area (Å²) in [7, 11) is 0. The molecule has 14 aromatic rings. The van der Waals surface area contributed by atoms with Crippen molar-refractivity contribution in [2.24, 2.45) is 5.73 Å². The Hall–Kier alpha value is -14.1. The molecule has 5 aromatic heterocycles. The smallest absolute Gasteiger partial charge is 0.407 e. The molecule has 0 atom stereocenters. The highest BCUT2D eigenvalue weighted by Crippen LogP contribution is 2.31. The number of fused-ring (bicyclic) bond motifs is 5. The van der Waals surface area contributed by atoms with Crippen molar-refractivity contribution >= 4 is 101 Å². The summed E-state index contributed by atoms with van der Waals surface area (Å²) in [6.07, 6.45) is -0.811. The minimum atomic E-state index is -0.509. The third-order valence-corrected chi connectivity index (χ3v) is 17.0. The molecule has 5 heterocycles. The second-order valence-electron chi connectivity index (χ2n) is 28.2. The molecule has 110 heavy (non-hydrogen) atoms. The van der Waals surface area contributed by atoms with Crippen LogP contribution in [0.15, 0.2) is 218 Å². The second kappa shape index (κ2) is 36.3. The number of hydrogen-bond acceptors (Lipinski definition) is 8. The molecule has 0 aliphatic heterocycles. The van der Waals surface area contributed by atoms with Crippen molar-refractivity contribution in [3.63, 3.8) is 0 Å². The molecule has 0 spiro atoms. The molecular weight excluding hydrogens is 1370 g/mol. The van der Waals surface area contributed by atoms with Gasteiger partial charge < -0.3 is 60.6 Å². The lowest BCUT2D eigenvalue weighted by Gasteiger charge is -2.19. The van der Waals surface area contributed by atoms with E-state index in [1.165, 1.54) is 18.0 Å². The molecule has 9 aromatic carbocycles. The number of nitrogens with two attached hydrogens (primary N) is 2. The number of nitrogens with one attached hydrogen (secondary N) is 5. The lowest BCUT2D eigenvalue weighted by atomic mass is 10.1. The van der Waals surface area contributed by atoms with Crippen LogP contribution in [-0.4, -0.2) is 53.0 Å². The number of anilines is 1. The summed E-state index contributed by atoms with van der Waals surface area (Å²) in [6, 6.07) is 72.7. The first-order valence-corrected chi connectivity index (χ1v) is 35.5. The largest absolute Gasteiger partial charge is 0.444 e. The van der Waals surface area contributed by atoms with E-state index in [1.54, 1.807) is 24.3 Å². The summed E-state index contributed by atoms with van der Waals surface area (Å²) in [5.41, 5.74) is 32.7. The summed E-state index contributed by atoms with van der Waals surface area (Å²) >= 11 is 0. The predicted octanol–water partition coefficient (Wildman–Crippen LogP) is 21.3. The van der Waals surface area contributed by atoms with Crippen molar-refractivity contribution in [1.29, 1.82) is 5.26 Å². The Morgan fingerprint density at radius 3 is 1.09 bits per heavy atom. The van der Waals surface area contributed by atoms with Gasteiger partial charge >= 0.3 is 12.2 Å². The number of aryl methyl sites for hydroxylation is 5. The summed E-state index contributed by atoms with van der Waals surface area (Å²) in [5, 5.41) is 22.7. The van der Waals surface area contributed by atoms with Gasteiger partial charge in [0.15, 0.2) is 22.7 Å². The standard InChI is InChI=1S/C22H23N3O2.C19H17N3O.C17H15N3.C15H20N2O2.C10H8N2.C7H6N2/c1-15-12-17-13-16(14-24-21(26)27-22(2,3)4)6-11-20(17)25(15)19-9-7-18(23-5)8-10-19;1-13-10-16-11-15(12-21-14(2)23)4-9-19(16)22(13)18-7-5-17(20-3)6-8-18;1-12-9-14-10-13(11-18)3-8-17(14)20(12)16-6-4-15(19-2)5-7-16;1-10-7-12-8-11(5-6-13(12)17-10)9-16-14(18)19-15(2,3)4;1-7-4-9-5-8(6-11)2-3-10(9)12-7;1-9-7-4-2-6(8)3-5-7/h6-13H,14H2,1-4H3,(H,24,26);4-11H,12H2,1-2H3,(H,21,23);3-10H,11,18H2,1H3;5-8,17H,9H2,1-4H3,(H,16,18);2-5,12H,1H3;2-5H,8H2. The average molecular weight is 1460 g/mol. The first-order chi connectivity index (χ1) is 52.5. The van der Waals surface area contributed by atoms with E-state index in [1.807, 2.05) is 177 Å². The number of rotatable bonds is 10. The van der Waals surface area contributed by atoms with Gasteiger partial charge in [0.2, 0.25) is 5.91 Å². The number of aromatic amines is 2. The molecule has 0 saturated heterocycles. The van der Waals surface area contributed by atoms with Crippen molar-refractivity contribution in [2.45, 2.75) is 120 Å². The van der Waals surface area contributed by atoms with Crippen LogP contribution in [0, 0.1) is 72.2 Å². The van der Waals surface area contributed by atoms with Crippen LogP contribution < -0.4 is 27.4 Å². The molecule has 0 aliphatic carbocycles. The van der Waals surface area contributed by atoms with Gasteiger partial charge in [0, 0.05) is 117 Å². The number of carbonyl (C=O) groups excluding carboxylic acids is 3. The molecule has 0 radical (unpaired) electrons. The molecular formula is C90H89N15O5. The molecule has 554 valence electrons. The predicted molar refractivity (Wildman–Crippen MR) is 442 cm³/mol. The number of nitrogens with zero attached hydrogens (tertiary/aromatic N) is 8. The van der Waals surface area contributed by atoms with Gasteiger partial charge in [0.25, 0.3) is 0 Å². The Labute approximate surface area is 641 Å². The van der Waals surface area contributed by atoms with Crippen LogP contribution in [0.4, 0.5) is 38.0 Å². The number of alkyl carbamates (subject to hydrolysis) is 2. The number of nitrogen functional groups attached to an aromatic ring is 1. The molecule has 3 amide bonds. The van der Waals surface area contributed by atoms with Crippen LogP contribution in [0.1, 0.15) is 105 Å². The number of aromatic nitrogens is 5. The summed E-state index contributed by atoms with van der Waals surface area (Å²) in [4.78, 5) is 54.4. The summed E-state index contributed by atoms with van der Waals surface area (Å²) in [6.45, 7) is 52.5. The Morgan fingerprint density at radius 1 is 0.427 bits per heavy atom. The molecule has 0 bridgehead atoms. The first-order valence-electron chi connectivity index (χ1n) is 35.5. The van der Waals surface area contributed by atoms with Crippen molar-refractivity contribution in [3.05, 3.63) is 320 Å². The number of amides is 3. The molecule has 0 fully saturated rings. The fourth-order valence-corrected chi connectivity index (χ4v) is 12.1. The second-order valence-corrected chi connectivity index (χ2v) is 28.2. The molecule has 0 saturated carbocycles. The Morgan fingerprint density at radius 2 is 0.745 bits per heavy atom. The van der Waals surface area contributed by atoms with E-state index in [0.29, 0.717) is 60.2 Å². The fourth-order valence-electron chi connectivity index (χ4n) is 12.1. The minimum Gasteiger partial charge on any atom is -0.444 e. The SMILES string of the molecule is Cc1cc2cc(C#N)ccc2[nH]1.Cc1cc2cc(CNC(=O)OC(C)(C)C)ccc2[nH]1.[C-]#[N+]c1ccc(-n2c(C)cc3cc(CN)ccc32)cc1.[C-]#[N+]c1ccc(-n2c(C)cc3cc(CNC(=O)OC(C)(C)C)ccc32)cc1.[C-]#[N+]c1ccc(-n2c(C)cc3cc(CNC(C)=O)ccc32)cc1.[C-]#[N+]c1ccc(N)cc1. The average Bonchev–Trinajstić information content (AvgIpc) is 1.67. The molecule has 9 N–H and O–H groups in total. The van der Waals surface area contributed by atoms with E-state index < -0.39 is 23.4 Å². The van der Waals surface area contributed by atoms with E-state index in [-0.39, 0.29) is 5.91 Å². The number of ether oxygens (including phenoxy) is 2. The van der Waals surface area contributed by atoms with Gasteiger partial charge in [-0.05, 0) is 249 Å². The lowest BCUT2D eigenvalue weighted by Crippen LogP contribution is -2.32. The monoisotopic (exact) mass is 1460 g/mol. The van der Waals surface area contributed by atoms with Gasteiger partial charge in [-0.2, -0.15) is 5.26 Å². The minimum absolute atomic E-state index is 0.0289.